The van der Waals surface area contributed by atoms with Crippen LogP contribution in [0.1, 0.15) is 11.1 Å². The maximum atomic E-state index is 5.35. The zero-order chi connectivity index (χ0) is 18.2. The molecule has 3 rings (SSSR count). The molecule has 4 nitrogen and oxygen atoms in total. The third kappa shape index (κ3) is 5.16. The SMILES string of the molecule is Cc1ccc(N=C(NNC(=S)Nc2ccccc2)c2ccccc2)cc1. The maximum Gasteiger partial charge on any atom is 0.189 e. The Morgan fingerprint density at radius 2 is 1.38 bits per heavy atom. The van der Waals surface area contributed by atoms with Gasteiger partial charge in [-0.2, -0.15) is 0 Å². The Balaban J connectivity index is 1.74. The van der Waals surface area contributed by atoms with E-state index in [1.54, 1.807) is 0 Å². The molecule has 0 saturated heterocycles. The number of hydrazine groups is 1. The molecule has 3 aromatic rings. The summed E-state index contributed by atoms with van der Waals surface area (Å²) in [4.78, 5) is 4.70. The van der Waals surface area contributed by atoms with Gasteiger partial charge in [0.2, 0.25) is 0 Å². The zero-order valence-corrected chi connectivity index (χ0v) is 15.3. The number of anilines is 1. The van der Waals surface area contributed by atoms with E-state index >= 15 is 0 Å². The Hall–Kier alpha value is -3.18. The van der Waals surface area contributed by atoms with Gasteiger partial charge in [0.25, 0.3) is 0 Å². The van der Waals surface area contributed by atoms with E-state index in [9.17, 15) is 0 Å². The van der Waals surface area contributed by atoms with E-state index in [2.05, 4.69) is 23.1 Å². The van der Waals surface area contributed by atoms with Crippen molar-refractivity contribution in [2.45, 2.75) is 6.92 Å². The van der Waals surface area contributed by atoms with Crippen molar-refractivity contribution in [1.29, 1.82) is 0 Å². The molecule has 5 heteroatoms. The third-order valence-corrected chi connectivity index (χ3v) is 3.85. The second-order valence-electron chi connectivity index (χ2n) is 5.73. The summed E-state index contributed by atoms with van der Waals surface area (Å²) in [6.07, 6.45) is 0. The molecule has 3 N–H and O–H groups in total. The summed E-state index contributed by atoms with van der Waals surface area (Å²) in [5, 5.41) is 3.58. The molecular weight excluding hydrogens is 340 g/mol. The molecule has 0 bridgehead atoms. The summed E-state index contributed by atoms with van der Waals surface area (Å²) >= 11 is 5.35. The molecule has 0 amide bonds. The Morgan fingerprint density at radius 3 is 2.04 bits per heavy atom. The molecule has 0 spiro atoms. The van der Waals surface area contributed by atoms with Crippen LogP contribution in [0.3, 0.4) is 0 Å². The average Bonchev–Trinajstić information content (AvgIpc) is 2.68. The maximum absolute atomic E-state index is 5.35. The summed E-state index contributed by atoms with van der Waals surface area (Å²) in [5.41, 5.74) is 10.1. The number of nitrogens with zero attached hydrogens (tertiary/aromatic N) is 1. The summed E-state index contributed by atoms with van der Waals surface area (Å²) in [6, 6.07) is 27.7. The fourth-order valence-corrected chi connectivity index (χ4v) is 2.48. The number of thiocarbonyl (C=S) groups is 1. The van der Waals surface area contributed by atoms with E-state index in [1.165, 1.54) is 5.56 Å². The molecule has 0 aliphatic rings. The van der Waals surface area contributed by atoms with E-state index in [-0.39, 0.29) is 0 Å². The van der Waals surface area contributed by atoms with Crippen molar-refractivity contribution >= 4 is 34.5 Å². The van der Waals surface area contributed by atoms with Crippen LogP contribution in [0.4, 0.5) is 11.4 Å². The van der Waals surface area contributed by atoms with Gasteiger partial charge in [0.1, 0.15) is 0 Å². The Bertz CT molecular complexity index is 875. The van der Waals surface area contributed by atoms with Gasteiger partial charge in [0.15, 0.2) is 10.9 Å². The van der Waals surface area contributed by atoms with Gasteiger partial charge >= 0.3 is 0 Å². The molecular formula is C21H20N4S. The number of rotatable bonds is 3. The number of aliphatic imine (C=N–C) groups is 1. The zero-order valence-electron chi connectivity index (χ0n) is 14.4. The van der Waals surface area contributed by atoms with Crippen molar-refractivity contribution in [3.05, 3.63) is 96.1 Å². The van der Waals surface area contributed by atoms with Crippen molar-refractivity contribution in [2.24, 2.45) is 4.99 Å². The van der Waals surface area contributed by atoms with Crippen LogP contribution < -0.4 is 16.2 Å². The van der Waals surface area contributed by atoms with E-state index in [1.807, 2.05) is 84.9 Å². The molecule has 0 saturated carbocycles. The predicted molar refractivity (Wildman–Crippen MR) is 113 cm³/mol. The van der Waals surface area contributed by atoms with E-state index in [4.69, 9.17) is 17.2 Å². The first-order chi connectivity index (χ1) is 12.7. The van der Waals surface area contributed by atoms with Crippen LogP contribution >= 0.6 is 12.2 Å². The van der Waals surface area contributed by atoms with Crippen molar-refractivity contribution in [3.8, 4) is 0 Å². The standard InChI is InChI=1S/C21H20N4S/c1-16-12-14-19(15-13-16)22-20(17-8-4-2-5-9-17)24-25-21(26)23-18-10-6-3-7-11-18/h2-15H,1H3,(H,22,24)(H2,23,25,26). The lowest BCUT2D eigenvalue weighted by atomic mass is 10.2. The van der Waals surface area contributed by atoms with Gasteiger partial charge in [-0.3, -0.25) is 10.9 Å². The van der Waals surface area contributed by atoms with E-state index in [0.29, 0.717) is 10.9 Å². The average molecular weight is 360 g/mol. The predicted octanol–water partition coefficient (Wildman–Crippen LogP) is 4.56. The molecule has 0 aliphatic carbocycles. The number of para-hydroxylation sites is 1. The largest absolute Gasteiger partial charge is 0.331 e. The van der Waals surface area contributed by atoms with Gasteiger partial charge in [0, 0.05) is 11.3 Å². The van der Waals surface area contributed by atoms with Crippen molar-refractivity contribution in [2.75, 3.05) is 5.32 Å². The fourth-order valence-electron chi connectivity index (χ4n) is 2.31. The third-order valence-electron chi connectivity index (χ3n) is 3.65. The van der Waals surface area contributed by atoms with Gasteiger partial charge in [0.05, 0.1) is 5.69 Å². The fraction of sp³-hybridized carbons (Fsp3) is 0.0476. The van der Waals surface area contributed by atoms with E-state index in [0.717, 1.165) is 16.9 Å². The number of aryl methyl sites for hydroxylation is 1. The van der Waals surface area contributed by atoms with Crippen LogP contribution in [0, 0.1) is 6.92 Å². The molecule has 0 aliphatic heterocycles. The van der Waals surface area contributed by atoms with Gasteiger partial charge in [-0.1, -0.05) is 66.2 Å². The summed E-state index contributed by atoms with van der Waals surface area (Å²) in [7, 11) is 0. The minimum absolute atomic E-state index is 0.462. The molecule has 0 fully saturated rings. The highest BCUT2D eigenvalue weighted by Gasteiger charge is 2.04. The first-order valence-electron chi connectivity index (χ1n) is 8.29. The van der Waals surface area contributed by atoms with Gasteiger partial charge in [-0.15, -0.1) is 0 Å². The lowest BCUT2D eigenvalue weighted by molar-refractivity contribution is 0.874. The Morgan fingerprint density at radius 1 is 0.769 bits per heavy atom. The number of amidine groups is 1. The summed E-state index contributed by atoms with van der Waals surface area (Å²) in [6.45, 7) is 2.05. The lowest BCUT2D eigenvalue weighted by Crippen LogP contribution is -2.44. The van der Waals surface area contributed by atoms with Crippen molar-refractivity contribution in [3.63, 3.8) is 0 Å². The highest BCUT2D eigenvalue weighted by Crippen LogP contribution is 2.14. The second kappa shape index (κ2) is 8.78. The second-order valence-corrected chi connectivity index (χ2v) is 6.14. The smallest absolute Gasteiger partial charge is 0.189 e. The van der Waals surface area contributed by atoms with Crippen LogP contribution in [-0.4, -0.2) is 10.9 Å². The lowest BCUT2D eigenvalue weighted by Gasteiger charge is -2.14. The molecule has 0 unspecified atom stereocenters. The van der Waals surface area contributed by atoms with Crippen LogP contribution in [0.15, 0.2) is 89.9 Å². The number of hydrogen-bond donors (Lipinski definition) is 3. The molecule has 0 heterocycles. The van der Waals surface area contributed by atoms with Crippen LogP contribution in [0.5, 0.6) is 0 Å². The number of benzene rings is 3. The van der Waals surface area contributed by atoms with Gasteiger partial charge in [-0.05, 0) is 43.4 Å². The molecule has 130 valence electrons. The van der Waals surface area contributed by atoms with Crippen LogP contribution in [0.2, 0.25) is 0 Å². The first kappa shape index (κ1) is 17.6. The Kier molecular flexibility index (Phi) is 5.96. The first-order valence-corrected chi connectivity index (χ1v) is 8.70. The number of nitrogens with one attached hydrogen (secondary N) is 3. The molecule has 3 aromatic carbocycles. The van der Waals surface area contributed by atoms with Crippen molar-refractivity contribution in [1.82, 2.24) is 10.9 Å². The minimum Gasteiger partial charge on any atom is -0.331 e. The topological polar surface area (TPSA) is 48.5 Å². The van der Waals surface area contributed by atoms with Crippen LogP contribution in [-0.2, 0) is 0 Å². The molecule has 0 radical (unpaired) electrons. The minimum atomic E-state index is 0.462. The Labute approximate surface area is 159 Å². The molecule has 0 aromatic heterocycles. The monoisotopic (exact) mass is 360 g/mol. The number of hydrogen-bond acceptors (Lipinski definition) is 2. The van der Waals surface area contributed by atoms with E-state index < -0.39 is 0 Å². The summed E-state index contributed by atoms with van der Waals surface area (Å²) < 4.78 is 0. The molecule has 0 atom stereocenters. The van der Waals surface area contributed by atoms with Crippen LogP contribution in [0.25, 0.3) is 0 Å². The molecule has 26 heavy (non-hydrogen) atoms. The van der Waals surface area contributed by atoms with Crippen molar-refractivity contribution < 1.29 is 0 Å². The quantitative estimate of drug-likeness (QED) is 0.277. The van der Waals surface area contributed by atoms with Gasteiger partial charge in [-0.25, -0.2) is 4.99 Å². The highest BCUT2D eigenvalue weighted by molar-refractivity contribution is 7.80. The summed E-state index contributed by atoms with van der Waals surface area (Å²) in [5.74, 6) is 0.687. The normalized spacial score (nSPS) is 10.9. The van der Waals surface area contributed by atoms with Gasteiger partial charge < -0.3 is 5.32 Å². The highest BCUT2D eigenvalue weighted by atomic mass is 32.1.